The first-order valence-electron chi connectivity index (χ1n) is 3.62. The summed E-state index contributed by atoms with van der Waals surface area (Å²) in [5.74, 6) is -0.115. The molecule has 0 spiro atoms. The number of carbonyl (C=O) groups is 2. The molecule has 64 valence electrons. The summed E-state index contributed by atoms with van der Waals surface area (Å²) in [6.45, 7) is 7.01. The zero-order valence-electron chi connectivity index (χ0n) is 7.52. The Balaban J connectivity index is 3.80. The maximum absolute atomic E-state index is 11.1. The molecule has 0 aliphatic carbocycles. The molecular formula is C8H15NO2. The Labute approximate surface area is 67.2 Å². The third-order valence-electron chi connectivity index (χ3n) is 1.18. The van der Waals surface area contributed by atoms with Crippen LogP contribution in [-0.2, 0) is 9.59 Å². The molecule has 0 aromatic carbocycles. The molecule has 11 heavy (non-hydrogen) atoms. The maximum Gasteiger partial charge on any atom is 0.225 e. The van der Waals surface area contributed by atoms with Crippen LogP contribution in [-0.4, -0.2) is 18.2 Å². The molecule has 0 aliphatic heterocycles. The van der Waals surface area contributed by atoms with Crippen LogP contribution in [0.3, 0.4) is 0 Å². The number of ketones is 1. The topological polar surface area (TPSA) is 46.2 Å². The highest BCUT2D eigenvalue weighted by atomic mass is 16.2. The molecule has 0 aliphatic rings. The molecular weight excluding hydrogens is 142 g/mol. The van der Waals surface area contributed by atoms with E-state index in [2.05, 4.69) is 5.32 Å². The van der Waals surface area contributed by atoms with Crippen molar-refractivity contribution in [1.82, 2.24) is 5.32 Å². The third-order valence-corrected chi connectivity index (χ3v) is 1.18. The highest BCUT2D eigenvalue weighted by Crippen LogP contribution is 2.11. The van der Waals surface area contributed by atoms with Gasteiger partial charge in [0.25, 0.3) is 0 Å². The predicted octanol–water partition coefficient (Wildman–Crippen LogP) is 0.738. The average molecular weight is 157 g/mol. The van der Waals surface area contributed by atoms with Gasteiger partial charge in [-0.3, -0.25) is 9.59 Å². The summed E-state index contributed by atoms with van der Waals surface area (Å²) in [7, 11) is 0. The Hall–Kier alpha value is -0.860. The monoisotopic (exact) mass is 157 g/mol. The van der Waals surface area contributed by atoms with Gasteiger partial charge >= 0.3 is 0 Å². The van der Waals surface area contributed by atoms with E-state index in [0.29, 0.717) is 0 Å². The van der Waals surface area contributed by atoms with Crippen LogP contribution in [0.15, 0.2) is 0 Å². The van der Waals surface area contributed by atoms with Crippen molar-refractivity contribution >= 4 is 11.7 Å². The second-order valence-corrected chi connectivity index (χ2v) is 3.63. The predicted molar refractivity (Wildman–Crippen MR) is 43.1 cm³/mol. The molecule has 1 N–H and O–H groups in total. The number of hydrogen-bond donors (Lipinski definition) is 1. The number of hydrogen-bond acceptors (Lipinski definition) is 2. The molecule has 3 nitrogen and oxygen atoms in total. The van der Waals surface area contributed by atoms with Crippen LogP contribution in [0.4, 0.5) is 0 Å². The highest BCUT2D eigenvalue weighted by molar-refractivity contribution is 5.86. The average Bonchev–Trinajstić information content (AvgIpc) is 1.80. The van der Waals surface area contributed by atoms with Crippen molar-refractivity contribution in [3.63, 3.8) is 0 Å². The van der Waals surface area contributed by atoms with Crippen molar-refractivity contribution < 1.29 is 9.59 Å². The van der Waals surface area contributed by atoms with E-state index >= 15 is 0 Å². The zero-order chi connectivity index (χ0) is 9.07. The van der Waals surface area contributed by atoms with Crippen molar-refractivity contribution in [1.29, 1.82) is 0 Å². The van der Waals surface area contributed by atoms with Gasteiger partial charge in [0.05, 0.1) is 6.54 Å². The van der Waals surface area contributed by atoms with E-state index in [0.717, 1.165) is 0 Å². The third kappa shape index (κ3) is 4.53. The van der Waals surface area contributed by atoms with Crippen molar-refractivity contribution in [3.05, 3.63) is 0 Å². The van der Waals surface area contributed by atoms with E-state index in [1.54, 1.807) is 0 Å². The molecule has 0 radical (unpaired) electrons. The normalized spacial score (nSPS) is 10.9. The number of Topliss-reactive ketones (excluding diaryl/α,β-unsaturated/α-hetero) is 1. The summed E-state index contributed by atoms with van der Waals surface area (Å²) in [6, 6.07) is 0. The van der Waals surface area contributed by atoms with Gasteiger partial charge in [-0.2, -0.15) is 0 Å². The summed E-state index contributed by atoms with van der Waals surface area (Å²) in [5, 5.41) is 2.53. The van der Waals surface area contributed by atoms with Gasteiger partial charge in [0, 0.05) is 5.41 Å². The zero-order valence-corrected chi connectivity index (χ0v) is 7.52. The Kier molecular flexibility index (Phi) is 3.23. The van der Waals surface area contributed by atoms with E-state index in [-0.39, 0.29) is 18.2 Å². The van der Waals surface area contributed by atoms with Gasteiger partial charge in [-0.05, 0) is 6.92 Å². The fourth-order valence-electron chi connectivity index (χ4n) is 0.470. The van der Waals surface area contributed by atoms with Crippen molar-refractivity contribution in [3.8, 4) is 0 Å². The lowest BCUT2D eigenvalue weighted by molar-refractivity contribution is -0.130. The number of rotatable bonds is 2. The summed E-state index contributed by atoms with van der Waals surface area (Å²) in [4.78, 5) is 21.6. The lowest BCUT2D eigenvalue weighted by Crippen LogP contribution is -2.37. The van der Waals surface area contributed by atoms with Crippen molar-refractivity contribution in [2.24, 2.45) is 5.41 Å². The first-order chi connectivity index (χ1) is 4.84. The summed E-state index contributed by atoms with van der Waals surface area (Å²) >= 11 is 0. The van der Waals surface area contributed by atoms with Gasteiger partial charge in [0.2, 0.25) is 5.91 Å². The molecule has 0 unspecified atom stereocenters. The quantitative estimate of drug-likeness (QED) is 0.642. The number of carbonyl (C=O) groups excluding carboxylic acids is 2. The first-order valence-corrected chi connectivity index (χ1v) is 3.62. The van der Waals surface area contributed by atoms with Crippen LogP contribution in [0.1, 0.15) is 27.7 Å². The van der Waals surface area contributed by atoms with Gasteiger partial charge in [-0.15, -0.1) is 0 Å². The Morgan fingerprint density at radius 1 is 1.27 bits per heavy atom. The summed E-state index contributed by atoms with van der Waals surface area (Å²) < 4.78 is 0. The Morgan fingerprint density at radius 2 is 1.73 bits per heavy atom. The molecule has 0 fully saturated rings. The van der Waals surface area contributed by atoms with E-state index in [4.69, 9.17) is 0 Å². The molecule has 0 aromatic heterocycles. The lowest BCUT2D eigenvalue weighted by atomic mass is 9.96. The second-order valence-electron chi connectivity index (χ2n) is 3.63. The molecule has 0 rings (SSSR count). The Bertz CT molecular complexity index is 167. The number of amides is 1. The minimum Gasteiger partial charge on any atom is -0.349 e. The fraction of sp³-hybridized carbons (Fsp3) is 0.750. The molecule has 0 saturated heterocycles. The van der Waals surface area contributed by atoms with Gasteiger partial charge < -0.3 is 5.32 Å². The minimum absolute atomic E-state index is 0.0254. The first kappa shape index (κ1) is 10.1. The van der Waals surface area contributed by atoms with Crippen LogP contribution in [0.5, 0.6) is 0 Å². The van der Waals surface area contributed by atoms with Crippen molar-refractivity contribution in [2.75, 3.05) is 6.54 Å². The van der Waals surface area contributed by atoms with E-state index < -0.39 is 5.41 Å². The second kappa shape index (κ2) is 3.51. The van der Waals surface area contributed by atoms with Crippen LogP contribution in [0.25, 0.3) is 0 Å². The lowest BCUT2D eigenvalue weighted by Gasteiger charge is -2.16. The SMILES string of the molecule is CC(=O)CNC(=O)C(C)(C)C. The van der Waals surface area contributed by atoms with E-state index in [1.807, 2.05) is 20.8 Å². The largest absolute Gasteiger partial charge is 0.349 e. The van der Waals surface area contributed by atoms with Crippen LogP contribution < -0.4 is 5.32 Å². The van der Waals surface area contributed by atoms with Crippen molar-refractivity contribution in [2.45, 2.75) is 27.7 Å². The maximum atomic E-state index is 11.1. The standard InChI is InChI=1S/C8H15NO2/c1-6(10)5-9-7(11)8(2,3)4/h5H2,1-4H3,(H,9,11). The van der Waals surface area contributed by atoms with E-state index in [1.165, 1.54) is 6.92 Å². The smallest absolute Gasteiger partial charge is 0.225 e. The fourth-order valence-corrected chi connectivity index (χ4v) is 0.470. The Morgan fingerprint density at radius 3 is 2.00 bits per heavy atom. The summed E-state index contributed by atoms with van der Waals surface area (Å²) in [6.07, 6.45) is 0. The minimum atomic E-state index is -0.407. The molecule has 0 heterocycles. The van der Waals surface area contributed by atoms with Crippen LogP contribution >= 0.6 is 0 Å². The van der Waals surface area contributed by atoms with Gasteiger partial charge in [-0.1, -0.05) is 20.8 Å². The molecule has 0 saturated carbocycles. The van der Waals surface area contributed by atoms with Crippen LogP contribution in [0.2, 0.25) is 0 Å². The highest BCUT2D eigenvalue weighted by Gasteiger charge is 2.20. The molecule has 0 atom stereocenters. The molecule has 0 bridgehead atoms. The van der Waals surface area contributed by atoms with Gasteiger partial charge in [0.1, 0.15) is 5.78 Å². The summed E-state index contributed by atoms with van der Waals surface area (Å²) in [5.41, 5.74) is -0.407. The van der Waals surface area contributed by atoms with E-state index in [9.17, 15) is 9.59 Å². The molecule has 0 aromatic rings. The van der Waals surface area contributed by atoms with Gasteiger partial charge in [0.15, 0.2) is 0 Å². The van der Waals surface area contributed by atoms with Crippen LogP contribution in [0, 0.1) is 5.41 Å². The molecule has 3 heteroatoms. The number of nitrogens with one attached hydrogen (secondary N) is 1. The molecule has 1 amide bonds. The van der Waals surface area contributed by atoms with Gasteiger partial charge in [-0.25, -0.2) is 0 Å².